The minimum atomic E-state index is -0.440. The van der Waals surface area contributed by atoms with Crippen molar-refractivity contribution in [2.75, 3.05) is 40.4 Å². The maximum absolute atomic E-state index is 13.9. The molecule has 0 N–H and O–H groups in total. The molecule has 1 aromatic carbocycles. The Balaban J connectivity index is 1.30. The van der Waals surface area contributed by atoms with E-state index in [4.69, 9.17) is 13.9 Å². The number of ether oxygens (including phenoxy) is 2. The number of nitrogens with zero attached hydrogens (tertiary/aromatic N) is 3. The van der Waals surface area contributed by atoms with Crippen LogP contribution in [-0.4, -0.2) is 78.7 Å². The number of carbonyl (C=O) groups is 2. The summed E-state index contributed by atoms with van der Waals surface area (Å²) in [7, 11) is 3.42. The maximum Gasteiger partial charge on any atom is 0.325 e. The molecule has 0 saturated carbocycles. The van der Waals surface area contributed by atoms with E-state index in [0.717, 1.165) is 33.6 Å². The van der Waals surface area contributed by atoms with Crippen LogP contribution in [0.5, 0.6) is 0 Å². The van der Waals surface area contributed by atoms with Gasteiger partial charge in [-0.05, 0) is 50.0 Å². The molecule has 3 amide bonds. The average Bonchev–Trinajstić information content (AvgIpc) is 3.32. The minimum absolute atomic E-state index is 0.0320. The van der Waals surface area contributed by atoms with E-state index in [9.17, 15) is 9.59 Å². The summed E-state index contributed by atoms with van der Waals surface area (Å²) in [6, 6.07) is 7.79. The summed E-state index contributed by atoms with van der Waals surface area (Å²) in [6.07, 6.45) is 6.34. The third-order valence-electron chi connectivity index (χ3n) is 9.19. The first kappa shape index (κ1) is 25.7. The van der Waals surface area contributed by atoms with Crippen LogP contribution >= 0.6 is 0 Å². The van der Waals surface area contributed by atoms with Crippen molar-refractivity contribution >= 4 is 22.9 Å². The third-order valence-corrected chi connectivity index (χ3v) is 9.19. The van der Waals surface area contributed by atoms with E-state index in [-0.39, 0.29) is 24.0 Å². The summed E-state index contributed by atoms with van der Waals surface area (Å²) in [5.74, 6) is 1.31. The van der Waals surface area contributed by atoms with Crippen molar-refractivity contribution in [2.45, 2.75) is 51.7 Å². The average molecular weight is 532 g/mol. The number of piperidine rings is 1. The number of likely N-dealkylation sites (N-methyl/N-ethyl adjacent to an activating group) is 1. The minimum Gasteiger partial charge on any atom is -0.501 e. The lowest BCUT2D eigenvalue weighted by Gasteiger charge is -2.44. The SMILES string of the molecule is CCN1C(=O)N2CC3=C(C(C)C=C2C12CCN(C(=O)c1oc4ccccc4c1C)CC2)C(OC)CC(OC)=C3. The first-order valence-corrected chi connectivity index (χ1v) is 13.9. The Bertz CT molecular complexity index is 1420. The van der Waals surface area contributed by atoms with E-state index in [1.54, 1.807) is 14.2 Å². The molecule has 1 spiro atoms. The zero-order chi connectivity index (χ0) is 27.5. The van der Waals surface area contributed by atoms with E-state index in [0.29, 0.717) is 51.2 Å². The van der Waals surface area contributed by atoms with Crippen LogP contribution in [0.25, 0.3) is 11.0 Å². The third kappa shape index (κ3) is 3.83. The number of fused-ring (bicyclic) bond motifs is 3. The van der Waals surface area contributed by atoms with Crippen LogP contribution in [0.4, 0.5) is 4.79 Å². The summed E-state index contributed by atoms with van der Waals surface area (Å²) in [5, 5.41) is 0.970. The zero-order valence-electron chi connectivity index (χ0n) is 23.5. The topological polar surface area (TPSA) is 75.5 Å². The predicted octanol–water partition coefficient (Wildman–Crippen LogP) is 5.25. The van der Waals surface area contributed by atoms with Crippen molar-refractivity contribution in [3.05, 3.63) is 70.3 Å². The van der Waals surface area contributed by atoms with Gasteiger partial charge in [0.05, 0.1) is 31.1 Å². The Morgan fingerprint density at radius 2 is 1.92 bits per heavy atom. The number of likely N-dealkylation sites (tertiary alicyclic amines) is 1. The number of aryl methyl sites for hydroxylation is 1. The molecule has 2 fully saturated rings. The smallest absolute Gasteiger partial charge is 0.325 e. The number of carbonyl (C=O) groups excluding carboxylic acids is 2. The summed E-state index contributed by atoms with van der Waals surface area (Å²) >= 11 is 0. The standard InChI is InChI=1S/C31H37N3O5/c1-6-34-30(36)33-18-21-16-22(37-4)17-25(38-5)27(21)19(2)15-26(33)31(34)11-13-32(14-12-31)29(35)28-20(3)23-9-7-8-10-24(23)39-28/h7-10,15-16,19,25H,6,11-14,17-18H2,1-5H3. The van der Waals surface area contributed by atoms with Crippen molar-refractivity contribution < 1.29 is 23.5 Å². The van der Waals surface area contributed by atoms with E-state index in [1.807, 2.05) is 52.8 Å². The maximum atomic E-state index is 13.9. The highest BCUT2D eigenvalue weighted by atomic mass is 16.5. The number of benzene rings is 1. The van der Waals surface area contributed by atoms with Gasteiger partial charge >= 0.3 is 6.03 Å². The fourth-order valence-corrected chi connectivity index (χ4v) is 7.19. The predicted molar refractivity (Wildman–Crippen MR) is 148 cm³/mol. The molecule has 4 heterocycles. The quantitative estimate of drug-likeness (QED) is 0.539. The van der Waals surface area contributed by atoms with Gasteiger partial charge < -0.3 is 23.7 Å². The number of para-hydroxylation sites is 1. The summed E-state index contributed by atoms with van der Waals surface area (Å²) < 4.78 is 17.5. The van der Waals surface area contributed by atoms with E-state index < -0.39 is 5.54 Å². The van der Waals surface area contributed by atoms with E-state index in [2.05, 4.69) is 19.1 Å². The molecule has 1 aliphatic carbocycles. The molecule has 2 saturated heterocycles. The van der Waals surface area contributed by atoms with Gasteiger partial charge in [0, 0.05) is 55.7 Å². The largest absolute Gasteiger partial charge is 0.501 e. The Morgan fingerprint density at radius 3 is 2.59 bits per heavy atom. The number of hydrogen-bond acceptors (Lipinski definition) is 5. The molecular weight excluding hydrogens is 494 g/mol. The van der Waals surface area contributed by atoms with Gasteiger partial charge in [-0.1, -0.05) is 31.2 Å². The van der Waals surface area contributed by atoms with Gasteiger partial charge in [0.15, 0.2) is 5.76 Å². The summed E-state index contributed by atoms with van der Waals surface area (Å²) in [5.41, 5.74) is 4.55. The molecule has 39 heavy (non-hydrogen) atoms. The number of hydrogen-bond donors (Lipinski definition) is 0. The van der Waals surface area contributed by atoms with Gasteiger partial charge in [-0.2, -0.15) is 0 Å². The molecule has 2 atom stereocenters. The van der Waals surface area contributed by atoms with Crippen LogP contribution in [0.2, 0.25) is 0 Å². The molecule has 3 aliphatic heterocycles. The molecular formula is C31H37N3O5. The number of rotatable bonds is 4. The molecule has 2 aromatic rings. The molecule has 8 nitrogen and oxygen atoms in total. The van der Waals surface area contributed by atoms with Gasteiger partial charge in [0.1, 0.15) is 5.58 Å². The van der Waals surface area contributed by atoms with Gasteiger partial charge in [-0.15, -0.1) is 0 Å². The van der Waals surface area contributed by atoms with Crippen LogP contribution in [0.3, 0.4) is 0 Å². The lowest BCUT2D eigenvalue weighted by atomic mass is 9.81. The van der Waals surface area contributed by atoms with Crippen molar-refractivity contribution in [3.63, 3.8) is 0 Å². The van der Waals surface area contributed by atoms with Crippen LogP contribution in [0, 0.1) is 12.8 Å². The number of furan rings is 1. The van der Waals surface area contributed by atoms with Crippen molar-refractivity contribution in [3.8, 4) is 0 Å². The fraction of sp³-hybridized carbons (Fsp3) is 0.484. The van der Waals surface area contributed by atoms with Gasteiger partial charge in [0.25, 0.3) is 5.91 Å². The van der Waals surface area contributed by atoms with Crippen LogP contribution in [-0.2, 0) is 9.47 Å². The molecule has 8 heteroatoms. The molecule has 206 valence electrons. The number of amides is 3. The van der Waals surface area contributed by atoms with Gasteiger partial charge in [-0.3, -0.25) is 9.69 Å². The van der Waals surface area contributed by atoms with Gasteiger partial charge in [0.2, 0.25) is 0 Å². The number of allylic oxidation sites excluding steroid dienone is 1. The molecule has 0 bridgehead atoms. The van der Waals surface area contributed by atoms with Gasteiger partial charge in [-0.25, -0.2) is 4.79 Å². The Labute approximate surface area is 229 Å². The fourth-order valence-electron chi connectivity index (χ4n) is 7.19. The highest BCUT2D eigenvalue weighted by Gasteiger charge is 2.55. The van der Waals surface area contributed by atoms with Crippen molar-refractivity contribution in [1.29, 1.82) is 0 Å². The lowest BCUT2D eigenvalue weighted by Crippen LogP contribution is -2.54. The summed E-state index contributed by atoms with van der Waals surface area (Å²) in [4.78, 5) is 33.3. The Kier molecular flexibility index (Phi) is 6.33. The van der Waals surface area contributed by atoms with E-state index in [1.165, 1.54) is 5.57 Å². The highest BCUT2D eigenvalue weighted by Crippen LogP contribution is 2.48. The summed E-state index contributed by atoms with van der Waals surface area (Å²) in [6.45, 7) is 8.40. The Morgan fingerprint density at radius 1 is 1.18 bits per heavy atom. The monoisotopic (exact) mass is 531 g/mol. The first-order chi connectivity index (χ1) is 18.8. The zero-order valence-corrected chi connectivity index (χ0v) is 23.5. The molecule has 2 unspecified atom stereocenters. The molecule has 0 radical (unpaired) electrons. The number of methoxy groups -OCH3 is 2. The Hall–Kier alpha value is -3.52. The van der Waals surface area contributed by atoms with Crippen LogP contribution in [0.1, 0.15) is 49.2 Å². The second-order valence-corrected chi connectivity index (χ2v) is 11.1. The van der Waals surface area contributed by atoms with Crippen molar-refractivity contribution in [1.82, 2.24) is 14.7 Å². The number of urea groups is 1. The second-order valence-electron chi connectivity index (χ2n) is 11.1. The molecule has 6 rings (SSSR count). The van der Waals surface area contributed by atoms with Crippen molar-refractivity contribution in [2.24, 2.45) is 5.92 Å². The van der Waals surface area contributed by atoms with E-state index >= 15 is 0 Å². The normalized spacial score (nSPS) is 24.5. The lowest BCUT2D eigenvalue weighted by molar-refractivity contribution is 0.0548. The second kappa shape index (κ2) is 9.59. The molecule has 1 aromatic heterocycles. The molecule has 4 aliphatic rings. The first-order valence-electron chi connectivity index (χ1n) is 13.9. The highest BCUT2D eigenvalue weighted by molar-refractivity contribution is 5.99. The van der Waals surface area contributed by atoms with Crippen LogP contribution in [0.15, 0.2) is 63.4 Å². The van der Waals surface area contributed by atoms with Crippen LogP contribution < -0.4 is 0 Å².